The Balaban J connectivity index is 2.54. The molecular weight excluding hydrogens is 238 g/mol. The number of ether oxygens (including phenoxy) is 1. The lowest BCUT2D eigenvalue weighted by Gasteiger charge is -2.17. The van der Waals surface area contributed by atoms with Crippen molar-refractivity contribution in [2.24, 2.45) is 0 Å². The van der Waals surface area contributed by atoms with Gasteiger partial charge in [0.25, 0.3) is 5.91 Å². The van der Waals surface area contributed by atoms with E-state index in [2.05, 4.69) is 5.32 Å². The molecule has 0 saturated carbocycles. The third-order valence-corrected chi connectivity index (χ3v) is 2.71. The van der Waals surface area contributed by atoms with Crippen molar-refractivity contribution in [3.8, 4) is 5.75 Å². The second kappa shape index (κ2) is 6.50. The SMILES string of the molecule is CCC(C)NC(=O)C(C)Oc1cccc(Cl)c1. The van der Waals surface area contributed by atoms with Crippen molar-refractivity contribution in [1.29, 1.82) is 0 Å². The van der Waals surface area contributed by atoms with Gasteiger partial charge in [0, 0.05) is 11.1 Å². The third-order valence-electron chi connectivity index (χ3n) is 2.48. The lowest BCUT2D eigenvalue weighted by molar-refractivity contribution is -0.127. The average molecular weight is 256 g/mol. The summed E-state index contributed by atoms with van der Waals surface area (Å²) < 4.78 is 5.51. The normalized spacial score (nSPS) is 13.9. The first-order valence-corrected chi connectivity index (χ1v) is 6.13. The summed E-state index contributed by atoms with van der Waals surface area (Å²) in [4.78, 5) is 11.7. The number of amides is 1. The van der Waals surface area contributed by atoms with E-state index in [1.165, 1.54) is 0 Å². The van der Waals surface area contributed by atoms with Crippen LogP contribution in [-0.4, -0.2) is 18.1 Å². The summed E-state index contributed by atoms with van der Waals surface area (Å²) >= 11 is 5.83. The van der Waals surface area contributed by atoms with Crippen LogP contribution in [0.15, 0.2) is 24.3 Å². The predicted octanol–water partition coefficient (Wildman–Crippen LogP) is 3.02. The summed E-state index contributed by atoms with van der Waals surface area (Å²) in [6.45, 7) is 5.70. The number of halogens is 1. The minimum Gasteiger partial charge on any atom is -0.481 e. The molecule has 0 saturated heterocycles. The standard InChI is InChI=1S/C13H18ClNO2/c1-4-9(2)15-13(16)10(3)17-12-7-5-6-11(14)8-12/h5-10H,4H2,1-3H3,(H,15,16). The van der Waals surface area contributed by atoms with Crippen molar-refractivity contribution in [2.45, 2.75) is 39.3 Å². The van der Waals surface area contributed by atoms with Crippen molar-refractivity contribution in [1.82, 2.24) is 5.32 Å². The van der Waals surface area contributed by atoms with Crippen molar-refractivity contribution in [3.63, 3.8) is 0 Å². The zero-order valence-corrected chi connectivity index (χ0v) is 11.1. The lowest BCUT2D eigenvalue weighted by atomic mass is 10.2. The van der Waals surface area contributed by atoms with E-state index in [0.29, 0.717) is 10.8 Å². The van der Waals surface area contributed by atoms with Crippen LogP contribution in [0, 0.1) is 0 Å². The molecule has 0 aromatic heterocycles. The largest absolute Gasteiger partial charge is 0.481 e. The van der Waals surface area contributed by atoms with Crippen LogP contribution < -0.4 is 10.1 Å². The highest BCUT2D eigenvalue weighted by molar-refractivity contribution is 6.30. The number of hydrogen-bond donors (Lipinski definition) is 1. The van der Waals surface area contributed by atoms with Crippen LogP contribution in [0.2, 0.25) is 5.02 Å². The quantitative estimate of drug-likeness (QED) is 0.878. The van der Waals surface area contributed by atoms with Gasteiger partial charge in [-0.25, -0.2) is 0 Å². The molecule has 0 bridgehead atoms. The van der Waals surface area contributed by atoms with Gasteiger partial charge in [-0.15, -0.1) is 0 Å². The van der Waals surface area contributed by atoms with E-state index in [0.717, 1.165) is 6.42 Å². The van der Waals surface area contributed by atoms with E-state index in [1.807, 2.05) is 13.8 Å². The molecule has 0 aliphatic rings. The van der Waals surface area contributed by atoms with Gasteiger partial charge in [0.1, 0.15) is 5.75 Å². The maximum Gasteiger partial charge on any atom is 0.260 e. The van der Waals surface area contributed by atoms with Crippen molar-refractivity contribution in [2.75, 3.05) is 0 Å². The molecule has 1 amide bonds. The molecule has 1 aromatic rings. The molecule has 0 aliphatic carbocycles. The Morgan fingerprint density at radius 3 is 2.76 bits per heavy atom. The zero-order chi connectivity index (χ0) is 12.8. The molecule has 0 aliphatic heterocycles. The average Bonchev–Trinajstić information content (AvgIpc) is 2.28. The van der Waals surface area contributed by atoms with Crippen LogP contribution >= 0.6 is 11.6 Å². The van der Waals surface area contributed by atoms with E-state index in [-0.39, 0.29) is 11.9 Å². The molecule has 4 heteroatoms. The molecule has 94 valence electrons. The van der Waals surface area contributed by atoms with Gasteiger partial charge in [0.2, 0.25) is 0 Å². The Hall–Kier alpha value is -1.22. The zero-order valence-electron chi connectivity index (χ0n) is 10.4. The fourth-order valence-electron chi connectivity index (χ4n) is 1.26. The van der Waals surface area contributed by atoms with Crippen molar-refractivity contribution < 1.29 is 9.53 Å². The van der Waals surface area contributed by atoms with Gasteiger partial charge in [-0.05, 0) is 38.5 Å². The van der Waals surface area contributed by atoms with Gasteiger partial charge in [-0.2, -0.15) is 0 Å². The number of rotatable bonds is 5. The Morgan fingerprint density at radius 2 is 2.18 bits per heavy atom. The van der Waals surface area contributed by atoms with Crippen molar-refractivity contribution in [3.05, 3.63) is 29.3 Å². The first-order valence-electron chi connectivity index (χ1n) is 5.75. The summed E-state index contributed by atoms with van der Waals surface area (Å²) in [5.74, 6) is 0.489. The topological polar surface area (TPSA) is 38.3 Å². The van der Waals surface area contributed by atoms with E-state index >= 15 is 0 Å². The molecule has 1 aromatic carbocycles. The summed E-state index contributed by atoms with van der Waals surface area (Å²) in [5, 5.41) is 3.46. The Morgan fingerprint density at radius 1 is 1.47 bits per heavy atom. The van der Waals surface area contributed by atoms with Gasteiger partial charge in [0.05, 0.1) is 0 Å². The molecule has 0 radical (unpaired) electrons. The molecule has 17 heavy (non-hydrogen) atoms. The molecular formula is C13H18ClNO2. The summed E-state index contributed by atoms with van der Waals surface area (Å²) in [5.41, 5.74) is 0. The van der Waals surface area contributed by atoms with Gasteiger partial charge in [-0.3, -0.25) is 4.79 Å². The number of carbonyl (C=O) groups excluding carboxylic acids is 1. The van der Waals surface area contributed by atoms with E-state index in [1.54, 1.807) is 31.2 Å². The Bertz CT molecular complexity index is 381. The maximum absolute atomic E-state index is 11.7. The molecule has 3 nitrogen and oxygen atoms in total. The molecule has 1 rings (SSSR count). The minimum absolute atomic E-state index is 0.112. The van der Waals surface area contributed by atoms with Gasteiger partial charge >= 0.3 is 0 Å². The smallest absolute Gasteiger partial charge is 0.260 e. The van der Waals surface area contributed by atoms with Crippen LogP contribution in [-0.2, 0) is 4.79 Å². The van der Waals surface area contributed by atoms with Gasteiger partial charge in [-0.1, -0.05) is 24.6 Å². The fourth-order valence-corrected chi connectivity index (χ4v) is 1.44. The van der Waals surface area contributed by atoms with Crippen LogP contribution in [0.4, 0.5) is 0 Å². The van der Waals surface area contributed by atoms with Gasteiger partial charge in [0.15, 0.2) is 6.10 Å². The molecule has 0 fully saturated rings. The summed E-state index contributed by atoms with van der Waals surface area (Å²) in [7, 11) is 0. The van der Waals surface area contributed by atoms with Crippen LogP contribution in [0.1, 0.15) is 27.2 Å². The van der Waals surface area contributed by atoms with E-state index in [4.69, 9.17) is 16.3 Å². The molecule has 0 heterocycles. The third kappa shape index (κ3) is 4.65. The molecule has 0 spiro atoms. The highest BCUT2D eigenvalue weighted by Gasteiger charge is 2.16. The number of nitrogens with one attached hydrogen (secondary N) is 1. The lowest BCUT2D eigenvalue weighted by Crippen LogP contribution is -2.40. The number of carbonyl (C=O) groups is 1. The second-order valence-electron chi connectivity index (χ2n) is 4.04. The second-order valence-corrected chi connectivity index (χ2v) is 4.47. The fraction of sp³-hybridized carbons (Fsp3) is 0.462. The van der Waals surface area contributed by atoms with Crippen LogP contribution in [0.3, 0.4) is 0 Å². The minimum atomic E-state index is -0.525. The first kappa shape index (κ1) is 13.8. The van der Waals surface area contributed by atoms with E-state index < -0.39 is 6.10 Å². The number of hydrogen-bond acceptors (Lipinski definition) is 2. The summed E-state index contributed by atoms with van der Waals surface area (Å²) in [6, 6.07) is 7.18. The molecule has 2 atom stereocenters. The summed E-state index contributed by atoms with van der Waals surface area (Å²) in [6.07, 6.45) is 0.373. The first-order chi connectivity index (χ1) is 8.02. The number of benzene rings is 1. The monoisotopic (exact) mass is 255 g/mol. The molecule has 1 N–H and O–H groups in total. The Labute approximate surface area is 107 Å². The maximum atomic E-state index is 11.7. The predicted molar refractivity (Wildman–Crippen MR) is 69.4 cm³/mol. The van der Waals surface area contributed by atoms with Crippen LogP contribution in [0.5, 0.6) is 5.75 Å². The molecule has 2 unspecified atom stereocenters. The highest BCUT2D eigenvalue weighted by atomic mass is 35.5. The van der Waals surface area contributed by atoms with Crippen LogP contribution in [0.25, 0.3) is 0 Å². The Kier molecular flexibility index (Phi) is 5.29. The van der Waals surface area contributed by atoms with Crippen molar-refractivity contribution >= 4 is 17.5 Å². The van der Waals surface area contributed by atoms with Gasteiger partial charge < -0.3 is 10.1 Å². The van der Waals surface area contributed by atoms with E-state index in [9.17, 15) is 4.79 Å². The highest BCUT2D eigenvalue weighted by Crippen LogP contribution is 2.18.